The Balaban J connectivity index is 2.60. The van der Waals surface area contributed by atoms with Crippen LogP contribution < -0.4 is 5.32 Å². The highest BCUT2D eigenvalue weighted by molar-refractivity contribution is 7.09. The van der Waals surface area contributed by atoms with Crippen LogP contribution in [0.5, 0.6) is 0 Å². The molecule has 1 heterocycles. The topological polar surface area (TPSA) is 62.3 Å². The number of hydrogen-bond acceptors (Lipinski definition) is 4. The van der Waals surface area contributed by atoms with Crippen molar-refractivity contribution >= 4 is 23.2 Å². The first-order chi connectivity index (χ1) is 8.36. The summed E-state index contributed by atoms with van der Waals surface area (Å²) < 4.78 is 0. The van der Waals surface area contributed by atoms with Crippen LogP contribution in [-0.4, -0.2) is 35.3 Å². The van der Waals surface area contributed by atoms with Crippen LogP contribution in [-0.2, 0) is 15.1 Å². The van der Waals surface area contributed by atoms with Crippen LogP contribution in [0.4, 0.5) is 0 Å². The zero-order chi connectivity index (χ0) is 13.8. The number of thiazole rings is 1. The van der Waals surface area contributed by atoms with Gasteiger partial charge in [-0.15, -0.1) is 11.3 Å². The van der Waals surface area contributed by atoms with Gasteiger partial charge in [-0.25, -0.2) is 4.98 Å². The lowest BCUT2D eigenvalue weighted by atomic mass is 10.1. The molecule has 0 fully saturated rings. The van der Waals surface area contributed by atoms with Gasteiger partial charge in [-0.1, -0.05) is 6.58 Å². The number of carbonyl (C=O) groups is 2. The average molecular weight is 267 g/mol. The van der Waals surface area contributed by atoms with E-state index in [0.717, 1.165) is 5.01 Å². The fraction of sp³-hybridized carbons (Fsp3) is 0.417. The molecule has 18 heavy (non-hydrogen) atoms. The molecule has 0 bridgehead atoms. The van der Waals surface area contributed by atoms with E-state index in [0.29, 0.717) is 0 Å². The summed E-state index contributed by atoms with van der Waals surface area (Å²) in [7, 11) is 1.56. The van der Waals surface area contributed by atoms with E-state index in [1.807, 2.05) is 19.2 Å². The maximum absolute atomic E-state index is 11.8. The van der Waals surface area contributed by atoms with Gasteiger partial charge < -0.3 is 10.2 Å². The molecule has 0 aliphatic rings. The monoisotopic (exact) mass is 267 g/mol. The summed E-state index contributed by atoms with van der Waals surface area (Å²) in [5, 5.41) is 5.53. The number of likely N-dealkylation sites (N-methyl/N-ethyl adjacent to an activating group) is 1. The van der Waals surface area contributed by atoms with Crippen molar-refractivity contribution in [2.24, 2.45) is 0 Å². The van der Waals surface area contributed by atoms with Crippen molar-refractivity contribution in [2.45, 2.75) is 19.4 Å². The third-order valence-corrected chi connectivity index (χ3v) is 3.45. The molecule has 5 nitrogen and oxygen atoms in total. The highest BCUT2D eigenvalue weighted by atomic mass is 32.1. The second kappa shape index (κ2) is 5.77. The molecule has 1 rings (SSSR count). The van der Waals surface area contributed by atoms with Crippen molar-refractivity contribution in [3.63, 3.8) is 0 Å². The highest BCUT2D eigenvalue weighted by Gasteiger charge is 2.26. The normalized spacial score (nSPS) is 10.8. The third kappa shape index (κ3) is 3.66. The molecule has 98 valence electrons. The average Bonchev–Trinajstić information content (AvgIpc) is 2.80. The van der Waals surface area contributed by atoms with E-state index in [1.54, 1.807) is 13.2 Å². The fourth-order valence-electron chi connectivity index (χ4n) is 1.42. The molecule has 1 aromatic rings. The SMILES string of the molecule is C=CC(=O)N(C)CC(=O)NC(C)(C)c1nccs1. The van der Waals surface area contributed by atoms with Gasteiger partial charge in [0.2, 0.25) is 11.8 Å². The Hall–Kier alpha value is -1.69. The zero-order valence-corrected chi connectivity index (χ0v) is 11.6. The lowest BCUT2D eigenvalue weighted by Gasteiger charge is -2.25. The Kier molecular flexibility index (Phi) is 4.61. The Labute approximate surface area is 111 Å². The van der Waals surface area contributed by atoms with Crippen LogP contribution in [0.1, 0.15) is 18.9 Å². The van der Waals surface area contributed by atoms with Crippen molar-refractivity contribution in [1.82, 2.24) is 15.2 Å². The molecule has 0 aliphatic heterocycles. The van der Waals surface area contributed by atoms with Gasteiger partial charge in [0, 0.05) is 18.6 Å². The van der Waals surface area contributed by atoms with Crippen LogP contribution in [0.25, 0.3) is 0 Å². The highest BCUT2D eigenvalue weighted by Crippen LogP contribution is 2.21. The third-order valence-electron chi connectivity index (χ3n) is 2.35. The molecule has 0 spiro atoms. The first-order valence-corrected chi connectivity index (χ1v) is 6.33. The van der Waals surface area contributed by atoms with E-state index in [2.05, 4.69) is 16.9 Å². The lowest BCUT2D eigenvalue weighted by molar-refractivity contribution is -0.132. The Morgan fingerprint density at radius 2 is 2.28 bits per heavy atom. The molecule has 0 radical (unpaired) electrons. The summed E-state index contributed by atoms with van der Waals surface area (Å²) >= 11 is 1.48. The molecular formula is C12H17N3O2S. The number of nitrogens with one attached hydrogen (secondary N) is 1. The van der Waals surface area contributed by atoms with Gasteiger partial charge in [0.25, 0.3) is 0 Å². The van der Waals surface area contributed by atoms with Gasteiger partial charge in [0.05, 0.1) is 12.1 Å². The summed E-state index contributed by atoms with van der Waals surface area (Å²) in [6.45, 7) is 7.12. The lowest BCUT2D eigenvalue weighted by Crippen LogP contribution is -2.46. The van der Waals surface area contributed by atoms with Gasteiger partial charge in [-0.3, -0.25) is 9.59 Å². The minimum absolute atomic E-state index is 0.000339. The fourth-order valence-corrected chi connectivity index (χ4v) is 2.14. The minimum atomic E-state index is -0.538. The van der Waals surface area contributed by atoms with Gasteiger partial charge in [-0.2, -0.15) is 0 Å². The predicted octanol–water partition coefficient (Wildman–Crippen LogP) is 1.14. The summed E-state index contributed by atoms with van der Waals surface area (Å²) in [6, 6.07) is 0. The molecular weight excluding hydrogens is 250 g/mol. The molecule has 1 aromatic heterocycles. The first kappa shape index (κ1) is 14.4. The molecule has 0 atom stereocenters. The Morgan fingerprint density at radius 1 is 1.61 bits per heavy atom. The van der Waals surface area contributed by atoms with Crippen molar-refractivity contribution < 1.29 is 9.59 Å². The van der Waals surface area contributed by atoms with Gasteiger partial charge in [0.1, 0.15) is 5.01 Å². The molecule has 0 aromatic carbocycles. The van der Waals surface area contributed by atoms with Gasteiger partial charge in [0.15, 0.2) is 0 Å². The molecule has 1 N–H and O–H groups in total. The Bertz CT molecular complexity index is 440. The molecule has 0 saturated heterocycles. The van der Waals surface area contributed by atoms with Crippen molar-refractivity contribution in [3.05, 3.63) is 29.2 Å². The van der Waals surface area contributed by atoms with Crippen LogP contribution in [0.3, 0.4) is 0 Å². The molecule has 0 aliphatic carbocycles. The minimum Gasteiger partial charge on any atom is -0.343 e. The molecule has 0 unspecified atom stereocenters. The number of hydrogen-bond donors (Lipinski definition) is 1. The van der Waals surface area contributed by atoms with Crippen molar-refractivity contribution in [3.8, 4) is 0 Å². The van der Waals surface area contributed by atoms with E-state index in [-0.39, 0.29) is 18.4 Å². The maximum atomic E-state index is 11.8. The second-order valence-corrected chi connectivity index (χ2v) is 5.30. The summed E-state index contributed by atoms with van der Waals surface area (Å²) in [5.41, 5.74) is -0.538. The largest absolute Gasteiger partial charge is 0.343 e. The van der Waals surface area contributed by atoms with Crippen LogP contribution in [0.15, 0.2) is 24.2 Å². The maximum Gasteiger partial charge on any atom is 0.246 e. The first-order valence-electron chi connectivity index (χ1n) is 5.45. The summed E-state index contributed by atoms with van der Waals surface area (Å²) in [4.78, 5) is 28.6. The summed E-state index contributed by atoms with van der Waals surface area (Å²) in [6.07, 6.45) is 2.88. The van der Waals surface area contributed by atoms with Crippen molar-refractivity contribution in [1.29, 1.82) is 0 Å². The molecule has 2 amide bonds. The number of nitrogens with zero attached hydrogens (tertiary/aromatic N) is 2. The number of aromatic nitrogens is 1. The molecule has 6 heteroatoms. The molecule has 0 saturated carbocycles. The number of rotatable bonds is 5. The van der Waals surface area contributed by atoms with Crippen LogP contribution in [0.2, 0.25) is 0 Å². The second-order valence-electron chi connectivity index (χ2n) is 4.41. The van der Waals surface area contributed by atoms with Crippen molar-refractivity contribution in [2.75, 3.05) is 13.6 Å². The van der Waals surface area contributed by atoms with E-state index in [9.17, 15) is 9.59 Å². The van der Waals surface area contributed by atoms with E-state index >= 15 is 0 Å². The van der Waals surface area contributed by atoms with E-state index < -0.39 is 5.54 Å². The number of carbonyl (C=O) groups excluding carboxylic acids is 2. The zero-order valence-electron chi connectivity index (χ0n) is 10.8. The standard InChI is InChI=1S/C12H17N3O2S/c1-5-10(17)15(4)8-9(16)14-12(2,3)11-13-6-7-18-11/h5-7H,1,8H2,2-4H3,(H,14,16). The van der Waals surface area contributed by atoms with E-state index in [1.165, 1.54) is 22.3 Å². The smallest absolute Gasteiger partial charge is 0.246 e. The van der Waals surface area contributed by atoms with Gasteiger partial charge in [-0.05, 0) is 19.9 Å². The van der Waals surface area contributed by atoms with E-state index in [4.69, 9.17) is 0 Å². The summed E-state index contributed by atoms with van der Waals surface area (Å²) in [5.74, 6) is -0.509. The van der Waals surface area contributed by atoms with Crippen LogP contribution >= 0.6 is 11.3 Å². The quantitative estimate of drug-likeness (QED) is 0.814. The van der Waals surface area contributed by atoms with Crippen LogP contribution in [0, 0.1) is 0 Å². The van der Waals surface area contributed by atoms with Gasteiger partial charge >= 0.3 is 0 Å². The number of amides is 2. The Morgan fingerprint density at radius 3 is 2.78 bits per heavy atom. The predicted molar refractivity (Wildman–Crippen MR) is 71.1 cm³/mol.